The molecule has 1 amide bonds. The summed E-state index contributed by atoms with van der Waals surface area (Å²) in [5.41, 5.74) is 0.320. The largest absolute Gasteiger partial charge is 0.478 e. The highest BCUT2D eigenvalue weighted by Gasteiger charge is 2.12. The molecule has 0 saturated carbocycles. The van der Waals surface area contributed by atoms with Crippen LogP contribution in [-0.2, 0) is 4.79 Å². The summed E-state index contributed by atoms with van der Waals surface area (Å²) >= 11 is 0. The lowest BCUT2D eigenvalue weighted by Crippen LogP contribution is -2.39. The molecule has 0 aliphatic heterocycles. The fourth-order valence-electron chi connectivity index (χ4n) is 1.87. The molecule has 114 valence electrons. The number of carbonyl (C=O) groups excluding carboxylic acids is 1. The predicted molar refractivity (Wildman–Crippen MR) is 78.6 cm³/mol. The summed E-state index contributed by atoms with van der Waals surface area (Å²) < 4.78 is 13.8. The quantitative estimate of drug-likeness (QED) is 0.782. The van der Waals surface area contributed by atoms with Crippen LogP contribution in [0.1, 0.15) is 22.8 Å². The predicted octanol–water partition coefficient (Wildman–Crippen LogP) is 1.60. The lowest BCUT2D eigenvalue weighted by molar-refractivity contribution is -0.131. The van der Waals surface area contributed by atoms with E-state index in [2.05, 4.69) is 5.32 Å². The number of nitrogens with one attached hydrogen (secondary N) is 1. The minimum absolute atomic E-state index is 0.0675. The number of aliphatic carboxylic acids is 1. The van der Waals surface area contributed by atoms with E-state index in [-0.39, 0.29) is 23.1 Å². The van der Waals surface area contributed by atoms with Gasteiger partial charge in [-0.05, 0) is 39.2 Å². The van der Waals surface area contributed by atoms with E-state index in [1.807, 2.05) is 25.9 Å². The van der Waals surface area contributed by atoms with E-state index in [4.69, 9.17) is 5.11 Å². The van der Waals surface area contributed by atoms with Crippen molar-refractivity contribution in [3.05, 3.63) is 41.2 Å². The molecule has 0 bridgehead atoms. The number of hydrogen-bond donors (Lipinski definition) is 2. The van der Waals surface area contributed by atoms with Crippen LogP contribution < -0.4 is 5.32 Å². The Morgan fingerprint density at radius 1 is 1.43 bits per heavy atom. The maximum atomic E-state index is 13.8. The summed E-state index contributed by atoms with van der Waals surface area (Å²) in [4.78, 5) is 24.3. The third-order valence-electron chi connectivity index (χ3n) is 2.68. The van der Waals surface area contributed by atoms with Gasteiger partial charge in [-0.15, -0.1) is 0 Å². The fraction of sp³-hybridized carbons (Fsp3) is 0.333. The molecule has 0 aliphatic rings. The Labute approximate surface area is 123 Å². The second kappa shape index (κ2) is 7.54. The molecule has 5 nitrogen and oxygen atoms in total. The van der Waals surface area contributed by atoms with E-state index in [1.54, 1.807) is 0 Å². The van der Waals surface area contributed by atoms with Crippen LogP contribution in [0.4, 0.5) is 4.39 Å². The number of halogens is 1. The van der Waals surface area contributed by atoms with Gasteiger partial charge in [-0.1, -0.05) is 6.07 Å². The van der Waals surface area contributed by atoms with Crippen LogP contribution in [-0.4, -0.2) is 48.6 Å². The van der Waals surface area contributed by atoms with Crippen molar-refractivity contribution in [2.45, 2.75) is 13.0 Å². The Hall–Kier alpha value is -2.21. The van der Waals surface area contributed by atoms with Gasteiger partial charge >= 0.3 is 5.97 Å². The normalized spacial score (nSPS) is 12.6. The molecule has 1 aromatic rings. The summed E-state index contributed by atoms with van der Waals surface area (Å²) in [5, 5.41) is 11.3. The van der Waals surface area contributed by atoms with Gasteiger partial charge in [-0.25, -0.2) is 9.18 Å². The van der Waals surface area contributed by atoms with Crippen molar-refractivity contribution in [1.29, 1.82) is 0 Å². The zero-order chi connectivity index (χ0) is 16.0. The third-order valence-corrected chi connectivity index (χ3v) is 2.68. The van der Waals surface area contributed by atoms with E-state index >= 15 is 0 Å². The monoisotopic (exact) mass is 294 g/mol. The second-order valence-electron chi connectivity index (χ2n) is 5.04. The molecule has 0 spiro atoms. The van der Waals surface area contributed by atoms with Gasteiger partial charge in [0.15, 0.2) is 0 Å². The second-order valence-corrected chi connectivity index (χ2v) is 5.04. The van der Waals surface area contributed by atoms with Gasteiger partial charge in [0.1, 0.15) is 5.82 Å². The molecule has 1 unspecified atom stereocenters. The summed E-state index contributed by atoms with van der Waals surface area (Å²) in [6.07, 6.45) is 1.99. The smallest absolute Gasteiger partial charge is 0.328 e. The number of rotatable bonds is 6. The third kappa shape index (κ3) is 5.74. The maximum absolute atomic E-state index is 13.8. The molecular formula is C15H19FN2O3. The van der Waals surface area contributed by atoms with Gasteiger partial charge in [0.25, 0.3) is 5.91 Å². The van der Waals surface area contributed by atoms with Crippen molar-refractivity contribution >= 4 is 18.0 Å². The first-order valence-corrected chi connectivity index (χ1v) is 6.45. The standard InChI is InChI=1S/C15H19FN2O3/c1-10(9-18(2)3)17-15(21)12-5-4-11(13(16)8-12)6-7-14(19)20/h4-8,10H,9H2,1-3H3,(H,17,21)(H,19,20)/b7-6+. The zero-order valence-corrected chi connectivity index (χ0v) is 12.3. The fourth-order valence-corrected chi connectivity index (χ4v) is 1.87. The van der Waals surface area contributed by atoms with E-state index in [1.165, 1.54) is 12.1 Å². The number of carboxylic acids is 1. The highest BCUT2D eigenvalue weighted by molar-refractivity contribution is 5.94. The van der Waals surface area contributed by atoms with Crippen molar-refractivity contribution in [1.82, 2.24) is 10.2 Å². The SMILES string of the molecule is CC(CN(C)C)NC(=O)c1ccc(/C=C/C(=O)O)c(F)c1. The average molecular weight is 294 g/mol. The first-order valence-electron chi connectivity index (χ1n) is 6.45. The topological polar surface area (TPSA) is 69.6 Å². The van der Waals surface area contributed by atoms with Gasteiger partial charge in [0, 0.05) is 29.8 Å². The molecule has 1 rings (SSSR count). The Morgan fingerprint density at radius 2 is 2.10 bits per heavy atom. The number of carbonyl (C=O) groups is 2. The van der Waals surface area contributed by atoms with Gasteiger partial charge in [0.2, 0.25) is 0 Å². The maximum Gasteiger partial charge on any atom is 0.328 e. The molecule has 1 atom stereocenters. The molecule has 0 fully saturated rings. The molecule has 0 radical (unpaired) electrons. The molecule has 6 heteroatoms. The minimum Gasteiger partial charge on any atom is -0.478 e. The van der Waals surface area contributed by atoms with Gasteiger partial charge in [-0.2, -0.15) is 0 Å². The van der Waals surface area contributed by atoms with Crippen molar-refractivity contribution in [3.8, 4) is 0 Å². The average Bonchev–Trinajstić information content (AvgIpc) is 2.35. The summed E-state index contributed by atoms with van der Waals surface area (Å²) in [6.45, 7) is 2.53. The Morgan fingerprint density at radius 3 is 2.62 bits per heavy atom. The number of hydrogen-bond acceptors (Lipinski definition) is 3. The Bertz CT molecular complexity index is 556. The van der Waals surface area contributed by atoms with Crippen LogP contribution in [0.15, 0.2) is 24.3 Å². The summed E-state index contributed by atoms with van der Waals surface area (Å²) in [5.74, 6) is -2.16. The molecule has 0 saturated heterocycles. The van der Waals surface area contributed by atoms with Crippen LogP contribution in [0.2, 0.25) is 0 Å². The van der Waals surface area contributed by atoms with Crippen molar-refractivity contribution < 1.29 is 19.1 Å². The van der Waals surface area contributed by atoms with E-state index in [9.17, 15) is 14.0 Å². The first kappa shape index (κ1) is 16.8. The van der Waals surface area contributed by atoms with Crippen LogP contribution >= 0.6 is 0 Å². The van der Waals surface area contributed by atoms with Gasteiger partial charge in [-0.3, -0.25) is 4.79 Å². The highest BCUT2D eigenvalue weighted by Crippen LogP contribution is 2.12. The molecule has 0 aliphatic carbocycles. The van der Waals surface area contributed by atoms with E-state index in [0.29, 0.717) is 6.54 Å². The zero-order valence-electron chi connectivity index (χ0n) is 12.3. The van der Waals surface area contributed by atoms with Crippen molar-refractivity contribution in [2.24, 2.45) is 0 Å². The van der Waals surface area contributed by atoms with Gasteiger partial charge < -0.3 is 15.3 Å². The lowest BCUT2D eigenvalue weighted by atomic mass is 10.1. The summed E-state index contributed by atoms with van der Waals surface area (Å²) in [7, 11) is 3.79. The molecule has 0 heterocycles. The highest BCUT2D eigenvalue weighted by atomic mass is 19.1. The lowest BCUT2D eigenvalue weighted by Gasteiger charge is -2.18. The van der Waals surface area contributed by atoms with Gasteiger partial charge in [0.05, 0.1) is 0 Å². The number of nitrogens with zero attached hydrogens (tertiary/aromatic N) is 1. The first-order chi connectivity index (χ1) is 9.79. The van der Waals surface area contributed by atoms with Crippen LogP contribution in [0, 0.1) is 5.82 Å². The molecular weight excluding hydrogens is 275 g/mol. The Balaban J connectivity index is 2.79. The minimum atomic E-state index is -1.16. The van der Waals surface area contributed by atoms with Crippen LogP contribution in [0.3, 0.4) is 0 Å². The van der Waals surface area contributed by atoms with E-state index in [0.717, 1.165) is 18.2 Å². The number of carboxylic acid groups (broad SMARTS) is 1. The van der Waals surface area contributed by atoms with E-state index < -0.39 is 11.8 Å². The van der Waals surface area contributed by atoms with Crippen molar-refractivity contribution in [2.75, 3.05) is 20.6 Å². The molecule has 2 N–H and O–H groups in total. The Kier molecular flexibility index (Phi) is 6.05. The van der Waals surface area contributed by atoms with Crippen LogP contribution in [0.25, 0.3) is 6.08 Å². The summed E-state index contributed by atoms with van der Waals surface area (Å²) in [6, 6.07) is 3.86. The molecule has 0 aromatic heterocycles. The van der Waals surface area contributed by atoms with Crippen LogP contribution in [0.5, 0.6) is 0 Å². The molecule has 21 heavy (non-hydrogen) atoms. The van der Waals surface area contributed by atoms with Crippen molar-refractivity contribution in [3.63, 3.8) is 0 Å². The molecule has 1 aromatic carbocycles. The number of amides is 1. The number of likely N-dealkylation sites (N-methyl/N-ethyl adjacent to an activating group) is 1. The number of benzene rings is 1.